The van der Waals surface area contributed by atoms with Crippen molar-refractivity contribution in [3.63, 3.8) is 0 Å². The maximum absolute atomic E-state index is 12.7. The van der Waals surface area contributed by atoms with Gasteiger partial charge in [0.05, 0.1) is 0 Å². The van der Waals surface area contributed by atoms with E-state index in [1.54, 1.807) is 12.1 Å². The summed E-state index contributed by atoms with van der Waals surface area (Å²) in [5.74, 6) is 1.04. The van der Waals surface area contributed by atoms with Gasteiger partial charge in [-0.3, -0.25) is 9.59 Å². The molecular weight excluding hydrogens is 336 g/mol. The van der Waals surface area contributed by atoms with Gasteiger partial charge in [0.25, 0.3) is 0 Å². The van der Waals surface area contributed by atoms with Gasteiger partial charge < -0.3 is 10.2 Å². The van der Waals surface area contributed by atoms with Crippen molar-refractivity contribution in [3.05, 3.63) is 29.3 Å². The summed E-state index contributed by atoms with van der Waals surface area (Å²) < 4.78 is 0. The van der Waals surface area contributed by atoms with Gasteiger partial charge in [0.15, 0.2) is 0 Å². The van der Waals surface area contributed by atoms with Crippen molar-refractivity contribution in [1.29, 1.82) is 0 Å². The van der Waals surface area contributed by atoms with Crippen molar-refractivity contribution in [2.45, 2.75) is 45.4 Å². The van der Waals surface area contributed by atoms with E-state index in [0.29, 0.717) is 16.8 Å². The minimum Gasteiger partial charge on any atom is -0.342 e. The van der Waals surface area contributed by atoms with Gasteiger partial charge in [0.1, 0.15) is 0 Å². The van der Waals surface area contributed by atoms with Crippen LogP contribution in [0.25, 0.3) is 0 Å². The summed E-state index contributed by atoms with van der Waals surface area (Å²) in [6.45, 7) is 4.02. The number of piperidine rings is 1. The molecule has 1 aliphatic heterocycles. The minimum atomic E-state index is -0.0108. The number of halogens is 1. The van der Waals surface area contributed by atoms with E-state index in [-0.39, 0.29) is 17.7 Å². The number of likely N-dealkylation sites (tertiary alicyclic amines) is 1. The molecule has 1 aromatic carbocycles. The first-order valence-electron chi connectivity index (χ1n) is 9.38. The molecule has 4 nitrogen and oxygen atoms in total. The molecule has 2 fully saturated rings. The van der Waals surface area contributed by atoms with Crippen molar-refractivity contribution < 1.29 is 9.59 Å². The van der Waals surface area contributed by atoms with Gasteiger partial charge in [-0.15, -0.1) is 0 Å². The highest BCUT2D eigenvalue weighted by molar-refractivity contribution is 6.30. The predicted octanol–water partition coefficient (Wildman–Crippen LogP) is 4.34. The van der Waals surface area contributed by atoms with Gasteiger partial charge in [-0.2, -0.15) is 0 Å². The Kier molecular flexibility index (Phi) is 6.00. The number of amides is 2. The number of nitrogens with one attached hydrogen (secondary N) is 1. The molecule has 2 amide bonds. The third kappa shape index (κ3) is 4.75. The molecule has 1 saturated carbocycles. The van der Waals surface area contributed by atoms with Crippen LogP contribution in [0.5, 0.6) is 0 Å². The molecule has 1 saturated heterocycles. The van der Waals surface area contributed by atoms with Crippen LogP contribution in [0, 0.1) is 17.8 Å². The lowest BCUT2D eigenvalue weighted by atomic mass is 9.80. The molecule has 2 aliphatic rings. The second-order valence-corrected chi connectivity index (χ2v) is 8.02. The van der Waals surface area contributed by atoms with Crippen molar-refractivity contribution >= 4 is 29.1 Å². The van der Waals surface area contributed by atoms with Gasteiger partial charge in [0, 0.05) is 35.6 Å². The molecular formula is C20H27ClN2O2. The highest BCUT2D eigenvalue weighted by Gasteiger charge is 2.33. The van der Waals surface area contributed by atoms with Crippen molar-refractivity contribution in [2.24, 2.45) is 17.8 Å². The number of rotatable bonds is 3. The maximum Gasteiger partial charge on any atom is 0.227 e. The largest absolute Gasteiger partial charge is 0.342 e. The summed E-state index contributed by atoms with van der Waals surface area (Å²) in [5, 5.41) is 3.56. The Balaban J connectivity index is 1.49. The zero-order chi connectivity index (χ0) is 17.8. The van der Waals surface area contributed by atoms with Crippen LogP contribution in [0.2, 0.25) is 5.02 Å². The van der Waals surface area contributed by atoms with E-state index in [9.17, 15) is 9.59 Å². The van der Waals surface area contributed by atoms with E-state index in [2.05, 4.69) is 12.2 Å². The molecule has 0 radical (unpaired) electrons. The lowest BCUT2D eigenvalue weighted by molar-refractivity contribution is -0.139. The molecule has 1 aliphatic carbocycles. The normalized spacial score (nSPS) is 27.0. The summed E-state index contributed by atoms with van der Waals surface area (Å²) in [7, 11) is 0. The Bertz CT molecular complexity index is 626. The van der Waals surface area contributed by atoms with E-state index in [1.165, 1.54) is 6.42 Å². The molecule has 1 heterocycles. The van der Waals surface area contributed by atoms with Crippen LogP contribution in [0.4, 0.5) is 5.69 Å². The lowest BCUT2D eigenvalue weighted by Crippen LogP contribution is -2.43. The zero-order valence-corrected chi connectivity index (χ0v) is 15.6. The Labute approximate surface area is 154 Å². The summed E-state index contributed by atoms with van der Waals surface area (Å²) in [4.78, 5) is 27.2. The van der Waals surface area contributed by atoms with Gasteiger partial charge in [-0.1, -0.05) is 24.6 Å². The number of carbonyl (C=O) groups excluding carboxylic acids is 2. The SMILES string of the molecule is CC1CCCN(C(=O)C2CCC(C(=O)Nc3cccc(Cl)c3)CC2)C1. The van der Waals surface area contributed by atoms with E-state index in [4.69, 9.17) is 11.6 Å². The van der Waals surface area contributed by atoms with Crippen molar-refractivity contribution in [1.82, 2.24) is 4.90 Å². The highest BCUT2D eigenvalue weighted by Crippen LogP contribution is 2.32. The summed E-state index contributed by atoms with van der Waals surface area (Å²) in [5.41, 5.74) is 0.734. The number of benzene rings is 1. The van der Waals surface area contributed by atoms with Crippen LogP contribution in [0.3, 0.4) is 0 Å². The number of anilines is 1. The Morgan fingerprint density at radius 2 is 1.84 bits per heavy atom. The third-order valence-electron chi connectivity index (χ3n) is 5.51. The smallest absolute Gasteiger partial charge is 0.227 e. The number of carbonyl (C=O) groups is 2. The zero-order valence-electron chi connectivity index (χ0n) is 14.8. The Morgan fingerprint density at radius 1 is 1.12 bits per heavy atom. The fourth-order valence-corrected chi connectivity index (χ4v) is 4.25. The molecule has 1 N–H and O–H groups in total. The number of hydrogen-bond donors (Lipinski definition) is 1. The lowest BCUT2D eigenvalue weighted by Gasteiger charge is -2.35. The van der Waals surface area contributed by atoms with E-state index in [0.717, 1.165) is 50.9 Å². The average Bonchev–Trinajstić information content (AvgIpc) is 2.61. The van der Waals surface area contributed by atoms with E-state index < -0.39 is 0 Å². The number of nitrogens with zero attached hydrogens (tertiary/aromatic N) is 1. The Morgan fingerprint density at radius 3 is 2.52 bits per heavy atom. The molecule has 1 aromatic rings. The van der Waals surface area contributed by atoms with Gasteiger partial charge >= 0.3 is 0 Å². The highest BCUT2D eigenvalue weighted by atomic mass is 35.5. The molecule has 0 bridgehead atoms. The molecule has 1 unspecified atom stereocenters. The predicted molar refractivity (Wildman–Crippen MR) is 101 cm³/mol. The van der Waals surface area contributed by atoms with Crippen LogP contribution in [0.15, 0.2) is 24.3 Å². The maximum atomic E-state index is 12.7. The summed E-state index contributed by atoms with van der Waals surface area (Å²) in [6.07, 6.45) is 5.54. The van der Waals surface area contributed by atoms with Crippen LogP contribution >= 0.6 is 11.6 Å². The number of hydrogen-bond acceptors (Lipinski definition) is 2. The topological polar surface area (TPSA) is 49.4 Å². The van der Waals surface area contributed by atoms with Crippen LogP contribution < -0.4 is 5.32 Å². The van der Waals surface area contributed by atoms with Crippen LogP contribution in [0.1, 0.15) is 45.4 Å². The quantitative estimate of drug-likeness (QED) is 0.869. The van der Waals surface area contributed by atoms with Gasteiger partial charge in [-0.25, -0.2) is 0 Å². The first-order valence-corrected chi connectivity index (χ1v) is 9.76. The van der Waals surface area contributed by atoms with Crippen molar-refractivity contribution in [3.8, 4) is 0 Å². The first kappa shape index (κ1) is 18.2. The fourth-order valence-electron chi connectivity index (χ4n) is 4.06. The molecule has 3 rings (SSSR count). The first-order chi connectivity index (χ1) is 12.0. The molecule has 5 heteroatoms. The fraction of sp³-hybridized carbons (Fsp3) is 0.600. The molecule has 136 valence electrons. The monoisotopic (exact) mass is 362 g/mol. The summed E-state index contributed by atoms with van der Waals surface area (Å²) in [6, 6.07) is 7.21. The minimum absolute atomic E-state index is 0.0108. The molecule has 25 heavy (non-hydrogen) atoms. The second kappa shape index (κ2) is 8.22. The van der Waals surface area contributed by atoms with Gasteiger partial charge in [0.2, 0.25) is 11.8 Å². The molecule has 1 atom stereocenters. The Hall–Kier alpha value is -1.55. The van der Waals surface area contributed by atoms with Crippen LogP contribution in [-0.4, -0.2) is 29.8 Å². The standard InChI is InChI=1S/C20H27ClN2O2/c1-14-4-3-11-23(13-14)20(25)16-9-7-15(8-10-16)19(24)22-18-6-2-5-17(21)12-18/h2,5-6,12,14-16H,3-4,7-11,13H2,1H3,(H,22,24). The van der Waals surface area contributed by atoms with Crippen LogP contribution in [-0.2, 0) is 9.59 Å². The molecule has 0 spiro atoms. The van der Waals surface area contributed by atoms with Gasteiger partial charge in [-0.05, 0) is 62.6 Å². The third-order valence-corrected chi connectivity index (χ3v) is 5.74. The second-order valence-electron chi connectivity index (χ2n) is 7.58. The molecule has 0 aromatic heterocycles. The summed E-state index contributed by atoms with van der Waals surface area (Å²) >= 11 is 5.96. The van der Waals surface area contributed by atoms with E-state index in [1.807, 2.05) is 17.0 Å². The average molecular weight is 363 g/mol. The van der Waals surface area contributed by atoms with Crippen molar-refractivity contribution in [2.75, 3.05) is 18.4 Å². The van der Waals surface area contributed by atoms with E-state index >= 15 is 0 Å².